The van der Waals surface area contributed by atoms with E-state index in [1.54, 1.807) is 14.2 Å². The zero-order valence-electron chi connectivity index (χ0n) is 17.4. The van der Waals surface area contributed by atoms with Gasteiger partial charge < -0.3 is 14.5 Å². The highest BCUT2D eigenvalue weighted by Crippen LogP contribution is 2.26. The second-order valence-corrected chi connectivity index (χ2v) is 7.75. The number of methoxy groups -OCH3 is 2. The molecule has 1 aliphatic rings. The highest BCUT2D eigenvalue weighted by Gasteiger charge is 2.17. The minimum atomic E-state index is 0.447. The fraction of sp³-hybridized carbons (Fsp3) is 0.360. The van der Waals surface area contributed by atoms with Crippen molar-refractivity contribution in [2.45, 2.75) is 25.2 Å². The monoisotopic (exact) mass is 390 g/mol. The Morgan fingerprint density at radius 2 is 1.90 bits per heavy atom. The summed E-state index contributed by atoms with van der Waals surface area (Å²) in [7, 11) is 3.44. The molecule has 1 aliphatic heterocycles. The Hall–Kier alpha value is -2.72. The number of nitrogens with one attached hydrogen (secondary N) is 1. The number of aryl methyl sites for hydroxylation is 1. The molecule has 152 valence electrons. The summed E-state index contributed by atoms with van der Waals surface area (Å²) in [6, 6.07) is 14.7. The first kappa shape index (κ1) is 19.6. The van der Waals surface area contributed by atoms with E-state index in [1.165, 1.54) is 29.4 Å². The lowest BCUT2D eigenvalue weighted by molar-refractivity contribution is 0.278. The van der Waals surface area contributed by atoms with Gasteiger partial charge in [-0.25, -0.2) is 0 Å². The predicted molar refractivity (Wildman–Crippen MR) is 119 cm³/mol. The van der Waals surface area contributed by atoms with Gasteiger partial charge in [0.05, 0.1) is 14.2 Å². The van der Waals surface area contributed by atoms with Crippen LogP contribution in [0.3, 0.4) is 0 Å². The molecule has 3 aromatic rings. The molecule has 0 saturated heterocycles. The van der Waals surface area contributed by atoms with Gasteiger partial charge >= 0.3 is 0 Å². The van der Waals surface area contributed by atoms with Gasteiger partial charge in [0, 0.05) is 42.2 Å². The number of aromatic amines is 1. The molecule has 4 nitrogen and oxygen atoms in total. The van der Waals surface area contributed by atoms with E-state index in [9.17, 15) is 0 Å². The largest absolute Gasteiger partial charge is 0.497 e. The number of benzene rings is 2. The predicted octanol–water partition coefficient (Wildman–Crippen LogP) is 5.16. The maximum Gasteiger partial charge on any atom is 0.120 e. The average Bonchev–Trinajstić information content (AvgIpc) is 3.19. The molecule has 0 amide bonds. The molecule has 4 rings (SSSR count). The van der Waals surface area contributed by atoms with Crippen LogP contribution in [0, 0.1) is 0 Å². The maximum absolute atomic E-state index is 5.38. The summed E-state index contributed by atoms with van der Waals surface area (Å²) in [5.41, 5.74) is 3.89. The minimum Gasteiger partial charge on any atom is -0.497 e. The lowest BCUT2D eigenvalue weighted by Gasteiger charge is -2.29. The van der Waals surface area contributed by atoms with Crippen LogP contribution in [0.5, 0.6) is 11.5 Å². The van der Waals surface area contributed by atoms with Crippen LogP contribution in [0.1, 0.15) is 29.9 Å². The van der Waals surface area contributed by atoms with Crippen molar-refractivity contribution in [3.05, 3.63) is 71.9 Å². The molecule has 0 saturated carbocycles. The third-order valence-corrected chi connectivity index (χ3v) is 5.85. The van der Waals surface area contributed by atoms with Gasteiger partial charge in [0.1, 0.15) is 11.5 Å². The standard InChI is InChI=1S/C25H30N2O2/c1-28-22-10-5-8-19(15-22)21-9-6-14-27(18-21)13-4-3-7-20-17-26-25-16-23(29-2)11-12-24(20)25/h5-6,8-12,15-17,21,26H,3-4,7,13-14,18H2,1-2H3. The Bertz CT molecular complexity index is 976. The highest BCUT2D eigenvalue weighted by molar-refractivity contribution is 5.84. The second kappa shape index (κ2) is 9.19. The van der Waals surface area contributed by atoms with Gasteiger partial charge in [0.2, 0.25) is 0 Å². The summed E-state index contributed by atoms with van der Waals surface area (Å²) in [4.78, 5) is 5.94. The molecule has 29 heavy (non-hydrogen) atoms. The Kier molecular flexibility index (Phi) is 6.20. The summed E-state index contributed by atoms with van der Waals surface area (Å²) in [5.74, 6) is 2.28. The van der Waals surface area contributed by atoms with E-state index in [-0.39, 0.29) is 0 Å². The van der Waals surface area contributed by atoms with E-state index < -0.39 is 0 Å². The number of aromatic nitrogens is 1. The first-order chi connectivity index (χ1) is 14.3. The van der Waals surface area contributed by atoms with Gasteiger partial charge in [-0.3, -0.25) is 4.90 Å². The second-order valence-electron chi connectivity index (χ2n) is 7.75. The number of fused-ring (bicyclic) bond motifs is 1. The fourth-order valence-corrected chi connectivity index (χ4v) is 4.21. The van der Waals surface area contributed by atoms with Crippen molar-refractivity contribution >= 4 is 10.9 Å². The van der Waals surface area contributed by atoms with Crippen LogP contribution in [-0.4, -0.2) is 43.7 Å². The summed E-state index contributed by atoms with van der Waals surface area (Å²) < 4.78 is 10.7. The molecule has 0 fully saturated rings. The van der Waals surface area contributed by atoms with E-state index in [4.69, 9.17) is 9.47 Å². The molecule has 1 N–H and O–H groups in total. The molecule has 0 spiro atoms. The van der Waals surface area contributed by atoms with E-state index in [2.05, 4.69) is 58.6 Å². The van der Waals surface area contributed by atoms with E-state index in [1.807, 2.05) is 12.1 Å². The number of hydrogen-bond acceptors (Lipinski definition) is 3. The van der Waals surface area contributed by atoms with Crippen molar-refractivity contribution in [1.82, 2.24) is 9.88 Å². The topological polar surface area (TPSA) is 37.5 Å². The van der Waals surface area contributed by atoms with Gasteiger partial charge in [0.25, 0.3) is 0 Å². The normalized spacial score (nSPS) is 17.0. The van der Waals surface area contributed by atoms with E-state index in [0.29, 0.717) is 5.92 Å². The summed E-state index contributed by atoms with van der Waals surface area (Å²) in [5, 5.41) is 1.31. The van der Waals surface area contributed by atoms with Crippen LogP contribution in [0.25, 0.3) is 10.9 Å². The number of ether oxygens (including phenoxy) is 2. The fourth-order valence-electron chi connectivity index (χ4n) is 4.21. The average molecular weight is 391 g/mol. The first-order valence-electron chi connectivity index (χ1n) is 10.4. The van der Waals surface area contributed by atoms with Crippen LogP contribution in [-0.2, 0) is 6.42 Å². The third-order valence-electron chi connectivity index (χ3n) is 5.85. The molecular weight excluding hydrogens is 360 g/mol. The number of H-pyrrole nitrogens is 1. The molecule has 0 radical (unpaired) electrons. The molecule has 1 atom stereocenters. The molecule has 1 unspecified atom stereocenters. The summed E-state index contributed by atoms with van der Waals surface area (Å²) in [6.07, 6.45) is 10.3. The Morgan fingerprint density at radius 3 is 2.76 bits per heavy atom. The third kappa shape index (κ3) is 4.65. The lowest BCUT2D eigenvalue weighted by Crippen LogP contribution is -2.32. The van der Waals surface area contributed by atoms with Crippen LogP contribution < -0.4 is 9.47 Å². The summed E-state index contributed by atoms with van der Waals surface area (Å²) >= 11 is 0. The zero-order chi connectivity index (χ0) is 20.1. The lowest BCUT2D eigenvalue weighted by atomic mass is 9.95. The van der Waals surface area contributed by atoms with Gasteiger partial charge in [-0.05, 0) is 61.2 Å². The minimum absolute atomic E-state index is 0.447. The quantitative estimate of drug-likeness (QED) is 0.426. The zero-order valence-corrected chi connectivity index (χ0v) is 17.4. The number of nitrogens with zero attached hydrogens (tertiary/aromatic N) is 1. The molecular formula is C25H30N2O2. The molecule has 1 aromatic heterocycles. The first-order valence-corrected chi connectivity index (χ1v) is 10.4. The van der Waals surface area contributed by atoms with Crippen molar-refractivity contribution in [2.75, 3.05) is 33.9 Å². The van der Waals surface area contributed by atoms with Crippen LogP contribution in [0.15, 0.2) is 60.8 Å². The van der Waals surface area contributed by atoms with Crippen molar-refractivity contribution in [3.8, 4) is 11.5 Å². The number of hydrogen-bond donors (Lipinski definition) is 1. The van der Waals surface area contributed by atoms with Crippen LogP contribution in [0.4, 0.5) is 0 Å². The van der Waals surface area contributed by atoms with E-state index >= 15 is 0 Å². The van der Waals surface area contributed by atoms with Crippen molar-refractivity contribution in [3.63, 3.8) is 0 Å². The van der Waals surface area contributed by atoms with Gasteiger partial charge in [0.15, 0.2) is 0 Å². The SMILES string of the molecule is COc1cccc(C2C=CCN(CCCCc3c[nH]c4cc(OC)ccc34)C2)c1. The maximum atomic E-state index is 5.38. The van der Waals surface area contributed by atoms with Crippen LogP contribution >= 0.6 is 0 Å². The summed E-state index contributed by atoms with van der Waals surface area (Å²) in [6.45, 7) is 3.27. The molecule has 0 aliphatic carbocycles. The van der Waals surface area contributed by atoms with Crippen molar-refractivity contribution in [2.24, 2.45) is 0 Å². The molecule has 2 aromatic carbocycles. The van der Waals surface area contributed by atoms with Gasteiger partial charge in [-0.15, -0.1) is 0 Å². The Morgan fingerprint density at radius 1 is 1.03 bits per heavy atom. The highest BCUT2D eigenvalue weighted by atomic mass is 16.5. The van der Waals surface area contributed by atoms with Crippen molar-refractivity contribution in [1.29, 1.82) is 0 Å². The van der Waals surface area contributed by atoms with Crippen LogP contribution in [0.2, 0.25) is 0 Å². The van der Waals surface area contributed by atoms with Gasteiger partial charge in [-0.2, -0.15) is 0 Å². The smallest absolute Gasteiger partial charge is 0.120 e. The Balaban J connectivity index is 1.28. The van der Waals surface area contributed by atoms with Crippen molar-refractivity contribution < 1.29 is 9.47 Å². The number of rotatable bonds is 8. The van der Waals surface area contributed by atoms with Gasteiger partial charge in [-0.1, -0.05) is 24.3 Å². The molecule has 2 heterocycles. The Labute approximate surface area is 173 Å². The number of unbranched alkanes of at least 4 members (excludes halogenated alkanes) is 1. The molecule has 4 heteroatoms. The molecule has 0 bridgehead atoms. The van der Waals surface area contributed by atoms with E-state index in [0.717, 1.165) is 43.1 Å².